The van der Waals surface area contributed by atoms with Gasteiger partial charge in [0.25, 0.3) is 0 Å². The number of nitrogens with two attached hydrogens (primary N) is 1. The number of rotatable bonds is 5. The molecule has 86 valence electrons. The summed E-state index contributed by atoms with van der Waals surface area (Å²) in [5.74, 6) is -1.23. The van der Waals surface area contributed by atoms with Crippen molar-refractivity contribution < 1.29 is 30.3 Å². The summed E-state index contributed by atoms with van der Waals surface area (Å²) in [5.41, 5.74) is 4.61. The summed E-state index contributed by atoms with van der Waals surface area (Å²) < 4.78 is 0. The molecule has 0 rings (SSSR count). The van der Waals surface area contributed by atoms with Gasteiger partial charge in [0.2, 0.25) is 5.91 Å². The van der Waals surface area contributed by atoms with Gasteiger partial charge in [-0.1, -0.05) is 0 Å². The molecule has 0 aliphatic carbocycles. The fraction of sp³-hybridized carbons (Fsp3) is 0.833. The topological polar surface area (TPSA) is 144 Å². The number of aliphatic hydroxyl groups is 5. The molecule has 0 fully saturated rings. The number of carbonyl (C=O) groups excluding carboxylic acids is 1. The van der Waals surface area contributed by atoms with Gasteiger partial charge in [-0.3, -0.25) is 4.79 Å². The van der Waals surface area contributed by atoms with E-state index in [4.69, 9.17) is 25.5 Å². The van der Waals surface area contributed by atoms with Crippen molar-refractivity contribution in [2.75, 3.05) is 6.61 Å². The molecule has 0 heterocycles. The molecule has 7 N–H and O–H groups in total. The highest BCUT2D eigenvalue weighted by molar-refractivity contribution is 5.85. The molecule has 0 saturated heterocycles. The second-order valence-electron chi connectivity index (χ2n) is 2.58. The molecule has 1 amide bonds. The smallest absolute Gasteiger partial charge is 0.249 e. The Bertz CT molecular complexity index is 180. The maximum Gasteiger partial charge on any atom is 0.249 e. The van der Waals surface area contributed by atoms with E-state index in [9.17, 15) is 4.79 Å². The highest BCUT2D eigenvalue weighted by Gasteiger charge is 2.32. The standard InChI is InChI=1S/C6H13NO6.ClH/c7-6(13)5(12)4(11)3(10)2(9)1-8;/h2-5,8-12H,1H2,(H2,7,13);1H/t2-,3+,4+,5-;/m1./s1. The third-order valence-corrected chi connectivity index (χ3v) is 1.55. The first-order valence-electron chi connectivity index (χ1n) is 3.54. The molecule has 0 spiro atoms. The van der Waals surface area contributed by atoms with Crippen LogP contribution in [0, 0.1) is 0 Å². The van der Waals surface area contributed by atoms with Gasteiger partial charge in [0.15, 0.2) is 6.10 Å². The minimum absolute atomic E-state index is 0. The molecule has 0 bridgehead atoms. The van der Waals surface area contributed by atoms with E-state index in [2.05, 4.69) is 5.73 Å². The molecule has 8 heteroatoms. The van der Waals surface area contributed by atoms with Gasteiger partial charge in [-0.2, -0.15) is 0 Å². The van der Waals surface area contributed by atoms with Crippen LogP contribution >= 0.6 is 12.4 Å². The summed E-state index contributed by atoms with van der Waals surface area (Å²) in [4.78, 5) is 10.3. The Morgan fingerprint density at radius 3 is 1.86 bits per heavy atom. The Labute approximate surface area is 86.2 Å². The molecule has 0 radical (unpaired) electrons. The molecule has 0 unspecified atom stereocenters. The highest BCUT2D eigenvalue weighted by atomic mass is 35.5. The number of amides is 1. The van der Waals surface area contributed by atoms with E-state index in [1.165, 1.54) is 0 Å². The van der Waals surface area contributed by atoms with E-state index in [0.29, 0.717) is 0 Å². The second-order valence-corrected chi connectivity index (χ2v) is 2.58. The van der Waals surface area contributed by atoms with E-state index >= 15 is 0 Å². The Balaban J connectivity index is 0. The van der Waals surface area contributed by atoms with Crippen LogP contribution in [0.3, 0.4) is 0 Å². The van der Waals surface area contributed by atoms with Crippen LogP contribution in [0.4, 0.5) is 0 Å². The minimum atomic E-state index is -1.98. The van der Waals surface area contributed by atoms with Crippen molar-refractivity contribution in [2.45, 2.75) is 24.4 Å². The molecule has 0 aliphatic rings. The summed E-state index contributed by atoms with van der Waals surface area (Å²) in [6.45, 7) is -0.802. The molecule has 7 nitrogen and oxygen atoms in total. The minimum Gasteiger partial charge on any atom is -0.394 e. The maximum atomic E-state index is 10.3. The van der Waals surface area contributed by atoms with Gasteiger partial charge in [-0.25, -0.2) is 0 Å². The highest BCUT2D eigenvalue weighted by Crippen LogP contribution is 2.04. The number of aliphatic hydroxyl groups excluding tert-OH is 5. The van der Waals surface area contributed by atoms with E-state index in [1.54, 1.807) is 0 Å². The van der Waals surface area contributed by atoms with E-state index in [0.717, 1.165) is 0 Å². The van der Waals surface area contributed by atoms with Gasteiger partial charge in [0.05, 0.1) is 6.61 Å². The van der Waals surface area contributed by atoms with Crippen LogP contribution in [0.5, 0.6) is 0 Å². The van der Waals surface area contributed by atoms with Gasteiger partial charge in [-0.05, 0) is 0 Å². The van der Waals surface area contributed by atoms with Gasteiger partial charge in [0, 0.05) is 0 Å². The zero-order chi connectivity index (χ0) is 10.6. The molecule has 0 aromatic carbocycles. The lowest BCUT2D eigenvalue weighted by molar-refractivity contribution is -0.146. The molecule has 14 heavy (non-hydrogen) atoms. The lowest BCUT2D eigenvalue weighted by atomic mass is 10.0. The van der Waals surface area contributed by atoms with Gasteiger partial charge < -0.3 is 31.3 Å². The van der Waals surface area contributed by atoms with Crippen LogP contribution in [0.25, 0.3) is 0 Å². The second kappa shape index (κ2) is 6.93. The average Bonchev–Trinajstić information content (AvgIpc) is 2.12. The van der Waals surface area contributed by atoms with Crippen LogP contribution in [0.15, 0.2) is 0 Å². The first kappa shape index (κ1) is 16.0. The molecule has 0 saturated carbocycles. The maximum absolute atomic E-state index is 10.3. The van der Waals surface area contributed by atoms with Crippen molar-refractivity contribution in [1.82, 2.24) is 0 Å². The summed E-state index contributed by atoms with van der Waals surface area (Å²) in [6.07, 6.45) is -7.35. The van der Waals surface area contributed by atoms with Crippen LogP contribution in [0.1, 0.15) is 0 Å². The first-order valence-corrected chi connectivity index (χ1v) is 3.54. The molecular weight excluding hydrogens is 218 g/mol. The normalized spacial score (nSPS) is 18.9. The van der Waals surface area contributed by atoms with E-state index in [1.807, 2.05) is 0 Å². The molecule has 4 atom stereocenters. The third kappa shape index (κ3) is 4.18. The monoisotopic (exact) mass is 231 g/mol. The Hall–Kier alpha value is -0.440. The fourth-order valence-corrected chi connectivity index (χ4v) is 0.691. The first-order chi connectivity index (χ1) is 5.91. The largest absolute Gasteiger partial charge is 0.394 e. The van der Waals surface area contributed by atoms with Gasteiger partial charge >= 0.3 is 0 Å². The summed E-state index contributed by atoms with van der Waals surface area (Å²) >= 11 is 0. The third-order valence-electron chi connectivity index (χ3n) is 1.55. The number of hydrogen-bond donors (Lipinski definition) is 6. The number of primary amides is 1. The predicted molar refractivity (Wildman–Crippen MR) is 47.6 cm³/mol. The number of hydrogen-bond acceptors (Lipinski definition) is 6. The van der Waals surface area contributed by atoms with Gasteiger partial charge in [0.1, 0.15) is 18.3 Å². The molecular formula is C6H14ClNO6. The lowest BCUT2D eigenvalue weighted by Gasteiger charge is -2.23. The van der Waals surface area contributed by atoms with Crippen molar-refractivity contribution in [2.24, 2.45) is 5.73 Å². The fourth-order valence-electron chi connectivity index (χ4n) is 0.691. The molecule has 0 aromatic rings. The van der Waals surface area contributed by atoms with E-state index < -0.39 is 36.9 Å². The Morgan fingerprint density at radius 1 is 1.14 bits per heavy atom. The van der Waals surface area contributed by atoms with Crippen LogP contribution in [-0.2, 0) is 4.79 Å². The van der Waals surface area contributed by atoms with Crippen LogP contribution in [-0.4, -0.2) is 62.5 Å². The zero-order valence-corrected chi connectivity index (χ0v) is 7.96. The van der Waals surface area contributed by atoms with Crippen molar-refractivity contribution >= 4 is 18.3 Å². The molecule has 0 aromatic heterocycles. The van der Waals surface area contributed by atoms with Crippen LogP contribution < -0.4 is 5.73 Å². The van der Waals surface area contributed by atoms with Crippen molar-refractivity contribution in [1.29, 1.82) is 0 Å². The van der Waals surface area contributed by atoms with Gasteiger partial charge in [-0.15, -0.1) is 12.4 Å². The zero-order valence-electron chi connectivity index (χ0n) is 7.15. The van der Waals surface area contributed by atoms with Crippen molar-refractivity contribution in [3.8, 4) is 0 Å². The van der Waals surface area contributed by atoms with Crippen molar-refractivity contribution in [3.05, 3.63) is 0 Å². The quantitative estimate of drug-likeness (QED) is 0.288. The Morgan fingerprint density at radius 2 is 1.57 bits per heavy atom. The summed E-state index contributed by atoms with van der Waals surface area (Å²) in [7, 11) is 0. The van der Waals surface area contributed by atoms with Crippen LogP contribution in [0.2, 0.25) is 0 Å². The number of halogens is 1. The predicted octanol–water partition coefficient (Wildman–Crippen LogP) is -3.67. The number of carbonyl (C=O) groups is 1. The SMILES string of the molecule is Cl.NC(=O)[C@H](O)[C@@H](O)[C@@H](O)[C@H](O)CO. The molecule has 0 aliphatic heterocycles. The van der Waals surface area contributed by atoms with E-state index in [-0.39, 0.29) is 12.4 Å². The summed E-state index contributed by atoms with van der Waals surface area (Å²) in [6, 6.07) is 0. The Kier molecular flexibility index (Phi) is 7.93. The average molecular weight is 232 g/mol. The lowest BCUT2D eigenvalue weighted by Crippen LogP contribution is -2.50. The van der Waals surface area contributed by atoms with Crippen molar-refractivity contribution in [3.63, 3.8) is 0 Å². The summed E-state index contributed by atoms with van der Waals surface area (Å²) in [5, 5.41) is 44.0.